The van der Waals surface area contributed by atoms with Gasteiger partial charge in [0.05, 0.1) is 7.11 Å². The summed E-state index contributed by atoms with van der Waals surface area (Å²) in [6.45, 7) is 0. The first-order valence-electron chi connectivity index (χ1n) is 7.30. The molecule has 1 saturated heterocycles. The van der Waals surface area contributed by atoms with Crippen molar-refractivity contribution in [1.29, 1.82) is 0 Å². The normalized spacial score (nSPS) is 15.3. The summed E-state index contributed by atoms with van der Waals surface area (Å²) in [6, 6.07) is 6.77. The highest BCUT2D eigenvalue weighted by Crippen LogP contribution is 2.34. The second-order valence-corrected chi connectivity index (χ2v) is 6.40. The van der Waals surface area contributed by atoms with Gasteiger partial charge in [-0.15, -0.1) is 0 Å². The van der Waals surface area contributed by atoms with Crippen LogP contribution >= 0.6 is 11.8 Å². The number of ether oxygens (including phenoxy) is 2. The lowest BCUT2D eigenvalue weighted by atomic mass is 10.1. The van der Waals surface area contributed by atoms with Crippen LogP contribution in [0.2, 0.25) is 0 Å². The largest absolute Gasteiger partial charge is 0.493 e. The summed E-state index contributed by atoms with van der Waals surface area (Å²) in [5, 5.41) is 12.4. The van der Waals surface area contributed by atoms with E-state index in [0.29, 0.717) is 22.8 Å². The van der Waals surface area contributed by atoms with Crippen molar-refractivity contribution in [2.24, 2.45) is 0 Å². The van der Waals surface area contributed by atoms with Crippen molar-refractivity contribution in [3.63, 3.8) is 0 Å². The number of carbonyl (C=O) groups is 1. The molecule has 1 N–H and O–H groups in total. The number of carboxylic acids is 1. The Morgan fingerprint density at radius 3 is 2.74 bits per heavy atom. The number of hydrogen-bond donors (Lipinski definition) is 1. The minimum absolute atomic E-state index is 0.126. The predicted octanol–water partition coefficient (Wildman–Crippen LogP) is 3.32. The van der Waals surface area contributed by atoms with Gasteiger partial charge in [-0.3, -0.25) is 0 Å². The van der Waals surface area contributed by atoms with E-state index in [2.05, 4.69) is 5.16 Å². The van der Waals surface area contributed by atoms with Crippen LogP contribution in [-0.4, -0.2) is 41.0 Å². The number of aromatic carboxylic acids is 1. The number of carboxylic acid groups (broad SMARTS) is 1. The maximum Gasteiger partial charge on any atom is 0.358 e. The molecular formula is C16H17NO5S. The van der Waals surface area contributed by atoms with E-state index in [1.807, 2.05) is 23.9 Å². The molecule has 1 aromatic heterocycles. The van der Waals surface area contributed by atoms with Gasteiger partial charge < -0.3 is 19.1 Å². The molecule has 122 valence electrons. The maximum absolute atomic E-state index is 10.9. The van der Waals surface area contributed by atoms with Crippen molar-refractivity contribution in [2.75, 3.05) is 18.6 Å². The molecule has 0 atom stereocenters. The highest BCUT2D eigenvalue weighted by molar-refractivity contribution is 7.99. The Bertz CT molecular complexity index is 694. The first-order chi connectivity index (χ1) is 11.2. The van der Waals surface area contributed by atoms with Gasteiger partial charge in [-0.05, 0) is 42.5 Å². The van der Waals surface area contributed by atoms with Gasteiger partial charge >= 0.3 is 5.97 Å². The third kappa shape index (κ3) is 3.61. The van der Waals surface area contributed by atoms with Crippen LogP contribution in [0.15, 0.2) is 28.8 Å². The van der Waals surface area contributed by atoms with Crippen LogP contribution in [0.1, 0.15) is 23.3 Å². The van der Waals surface area contributed by atoms with E-state index < -0.39 is 5.97 Å². The average molecular weight is 335 g/mol. The number of thioether (sulfide) groups is 1. The lowest BCUT2D eigenvalue weighted by Gasteiger charge is -2.23. The Kier molecular flexibility index (Phi) is 4.76. The molecule has 2 aromatic rings. The number of hydrogen-bond acceptors (Lipinski definition) is 6. The predicted molar refractivity (Wildman–Crippen MR) is 86.4 cm³/mol. The van der Waals surface area contributed by atoms with E-state index in [1.54, 1.807) is 13.2 Å². The van der Waals surface area contributed by atoms with Crippen LogP contribution < -0.4 is 9.47 Å². The SMILES string of the molecule is COc1cc(-c2cc(C(=O)O)no2)ccc1OC1CCSCC1. The Balaban J connectivity index is 1.82. The number of aromatic nitrogens is 1. The molecule has 1 aliphatic rings. The van der Waals surface area contributed by atoms with Gasteiger partial charge in [0.25, 0.3) is 0 Å². The Labute approximate surface area is 137 Å². The Morgan fingerprint density at radius 1 is 1.30 bits per heavy atom. The first kappa shape index (κ1) is 15.7. The van der Waals surface area contributed by atoms with E-state index >= 15 is 0 Å². The molecule has 3 rings (SSSR count). The van der Waals surface area contributed by atoms with Crippen molar-refractivity contribution in [1.82, 2.24) is 5.16 Å². The average Bonchev–Trinajstić information content (AvgIpc) is 3.06. The molecule has 6 nitrogen and oxygen atoms in total. The highest BCUT2D eigenvalue weighted by atomic mass is 32.2. The van der Waals surface area contributed by atoms with Crippen molar-refractivity contribution in [2.45, 2.75) is 18.9 Å². The van der Waals surface area contributed by atoms with Crippen LogP contribution in [0.3, 0.4) is 0 Å². The molecular weight excluding hydrogens is 318 g/mol. The lowest BCUT2D eigenvalue weighted by molar-refractivity contribution is 0.0686. The summed E-state index contributed by atoms with van der Waals surface area (Å²) < 4.78 is 16.5. The summed E-state index contributed by atoms with van der Waals surface area (Å²) in [6.07, 6.45) is 2.26. The van der Waals surface area contributed by atoms with E-state index in [1.165, 1.54) is 6.07 Å². The molecule has 2 heterocycles. The van der Waals surface area contributed by atoms with E-state index in [-0.39, 0.29) is 11.8 Å². The Hall–Kier alpha value is -2.15. The second kappa shape index (κ2) is 6.95. The van der Waals surface area contributed by atoms with Crippen LogP contribution in [0.5, 0.6) is 11.5 Å². The van der Waals surface area contributed by atoms with Gasteiger partial charge in [0.1, 0.15) is 6.10 Å². The molecule has 0 spiro atoms. The molecule has 1 fully saturated rings. The summed E-state index contributed by atoms with van der Waals surface area (Å²) in [7, 11) is 1.58. The summed E-state index contributed by atoms with van der Waals surface area (Å²) in [4.78, 5) is 10.9. The summed E-state index contributed by atoms with van der Waals surface area (Å²) >= 11 is 1.94. The molecule has 7 heteroatoms. The minimum atomic E-state index is -1.12. The zero-order valence-corrected chi connectivity index (χ0v) is 13.5. The summed E-state index contributed by atoms with van der Waals surface area (Å²) in [5.74, 6) is 2.76. The molecule has 0 radical (unpaired) electrons. The summed E-state index contributed by atoms with van der Waals surface area (Å²) in [5.41, 5.74) is 0.562. The van der Waals surface area contributed by atoms with E-state index in [4.69, 9.17) is 19.1 Å². The van der Waals surface area contributed by atoms with Crippen LogP contribution in [0.4, 0.5) is 0 Å². The molecule has 0 unspecified atom stereocenters. The fourth-order valence-corrected chi connectivity index (χ4v) is 3.47. The molecule has 1 aliphatic heterocycles. The van der Waals surface area contributed by atoms with Crippen molar-refractivity contribution < 1.29 is 23.9 Å². The minimum Gasteiger partial charge on any atom is -0.493 e. The molecule has 0 bridgehead atoms. The monoisotopic (exact) mass is 335 g/mol. The van der Waals surface area contributed by atoms with Crippen molar-refractivity contribution >= 4 is 17.7 Å². The zero-order chi connectivity index (χ0) is 16.2. The Morgan fingerprint density at radius 2 is 2.09 bits per heavy atom. The number of rotatable bonds is 5. The molecule has 0 amide bonds. The maximum atomic E-state index is 10.9. The van der Waals surface area contributed by atoms with Gasteiger partial charge in [-0.1, -0.05) is 5.16 Å². The van der Waals surface area contributed by atoms with Gasteiger partial charge in [-0.25, -0.2) is 4.79 Å². The highest BCUT2D eigenvalue weighted by Gasteiger charge is 2.19. The van der Waals surface area contributed by atoms with Gasteiger partial charge in [-0.2, -0.15) is 11.8 Å². The van der Waals surface area contributed by atoms with E-state index in [0.717, 1.165) is 24.3 Å². The lowest BCUT2D eigenvalue weighted by Crippen LogP contribution is -2.22. The molecule has 1 aromatic carbocycles. The van der Waals surface area contributed by atoms with Gasteiger partial charge in [0.15, 0.2) is 23.0 Å². The molecule has 0 saturated carbocycles. The van der Waals surface area contributed by atoms with Gasteiger partial charge in [0.2, 0.25) is 0 Å². The number of benzene rings is 1. The van der Waals surface area contributed by atoms with Gasteiger partial charge in [0, 0.05) is 11.6 Å². The molecule has 0 aliphatic carbocycles. The number of nitrogens with zero attached hydrogens (tertiary/aromatic N) is 1. The van der Waals surface area contributed by atoms with Crippen molar-refractivity contribution in [3.8, 4) is 22.8 Å². The number of methoxy groups -OCH3 is 1. The van der Waals surface area contributed by atoms with Crippen LogP contribution in [-0.2, 0) is 0 Å². The third-order valence-corrected chi connectivity index (χ3v) is 4.69. The zero-order valence-electron chi connectivity index (χ0n) is 12.7. The topological polar surface area (TPSA) is 81.8 Å². The fourth-order valence-electron chi connectivity index (χ4n) is 2.40. The third-order valence-electron chi connectivity index (χ3n) is 3.64. The first-order valence-corrected chi connectivity index (χ1v) is 8.45. The van der Waals surface area contributed by atoms with Crippen LogP contribution in [0.25, 0.3) is 11.3 Å². The van der Waals surface area contributed by atoms with Crippen molar-refractivity contribution in [3.05, 3.63) is 30.0 Å². The fraction of sp³-hybridized carbons (Fsp3) is 0.375. The standard InChI is InChI=1S/C16H17NO5S/c1-20-15-8-10(14-9-12(16(18)19)17-22-14)2-3-13(15)21-11-4-6-23-7-5-11/h2-3,8-9,11H,4-7H2,1H3,(H,18,19). The quantitative estimate of drug-likeness (QED) is 0.897. The van der Waals surface area contributed by atoms with E-state index in [9.17, 15) is 4.79 Å². The molecule has 23 heavy (non-hydrogen) atoms. The van der Waals surface area contributed by atoms with Crippen LogP contribution in [0, 0.1) is 0 Å². The second-order valence-electron chi connectivity index (χ2n) is 5.18. The smallest absolute Gasteiger partial charge is 0.358 e.